The number of hydrogen-bond acceptors (Lipinski definition) is 3. The fraction of sp³-hybridized carbons (Fsp3) is 0.500. The van der Waals surface area contributed by atoms with Crippen LogP contribution in [0.1, 0.15) is 31.4 Å². The molecule has 1 aliphatic carbocycles. The molecule has 1 amide bonds. The highest BCUT2D eigenvalue weighted by Crippen LogP contribution is 2.28. The third-order valence-electron chi connectivity index (χ3n) is 3.19. The first kappa shape index (κ1) is 14.3. The molecule has 0 bridgehead atoms. The van der Waals surface area contributed by atoms with Crippen molar-refractivity contribution in [1.29, 1.82) is 0 Å². The summed E-state index contributed by atoms with van der Waals surface area (Å²) in [6.07, 6.45) is 1.71. The lowest BCUT2D eigenvalue weighted by Crippen LogP contribution is -2.36. The number of aliphatic hydroxyl groups excluding tert-OH is 1. The summed E-state index contributed by atoms with van der Waals surface area (Å²) in [7, 11) is 1.88. The van der Waals surface area contributed by atoms with E-state index in [-0.39, 0.29) is 5.91 Å². The average Bonchev–Trinajstić information content (AvgIpc) is 3.12. The van der Waals surface area contributed by atoms with Gasteiger partial charge in [-0.1, -0.05) is 6.07 Å². The molecule has 1 aromatic carbocycles. The number of carbonyl (C=O) groups excluding carboxylic acids is 1. The van der Waals surface area contributed by atoms with Crippen molar-refractivity contribution >= 4 is 27.5 Å². The third-order valence-corrected chi connectivity index (χ3v) is 3.82. The molecule has 2 N–H and O–H groups in total. The molecule has 1 aliphatic rings. The van der Waals surface area contributed by atoms with E-state index in [0.717, 1.165) is 28.6 Å². The first-order chi connectivity index (χ1) is 8.97. The highest BCUT2D eigenvalue weighted by atomic mass is 79.9. The maximum atomic E-state index is 11.8. The second-order valence-electron chi connectivity index (χ2n) is 5.08. The first-order valence-electron chi connectivity index (χ1n) is 6.45. The van der Waals surface area contributed by atoms with Crippen molar-refractivity contribution in [3.05, 3.63) is 28.2 Å². The van der Waals surface area contributed by atoms with Gasteiger partial charge in [-0.3, -0.25) is 4.79 Å². The van der Waals surface area contributed by atoms with Gasteiger partial charge in [0.15, 0.2) is 0 Å². The quantitative estimate of drug-likeness (QED) is 0.872. The zero-order chi connectivity index (χ0) is 14.0. The van der Waals surface area contributed by atoms with E-state index < -0.39 is 6.10 Å². The molecule has 1 saturated carbocycles. The molecule has 0 radical (unpaired) electrons. The fourth-order valence-corrected chi connectivity index (χ4v) is 2.59. The molecule has 5 heteroatoms. The largest absolute Gasteiger partial charge is 0.389 e. The smallest absolute Gasteiger partial charge is 0.239 e. The second kappa shape index (κ2) is 5.92. The van der Waals surface area contributed by atoms with Gasteiger partial charge in [0.1, 0.15) is 0 Å². The standard InChI is InChI=1S/C14H19BrN2O2/c1-9(18)10-3-6-13(12(15)7-10)17(2)8-14(19)16-11-4-5-11/h3,6-7,9,11,18H,4-5,8H2,1-2H3,(H,16,19)/t9-/m1/s1. The van der Waals surface area contributed by atoms with Crippen LogP contribution >= 0.6 is 15.9 Å². The SMILES string of the molecule is C[C@@H](O)c1ccc(N(C)CC(=O)NC2CC2)c(Br)c1. The van der Waals surface area contributed by atoms with Crippen LogP contribution in [-0.4, -0.2) is 30.6 Å². The van der Waals surface area contributed by atoms with Gasteiger partial charge in [-0.15, -0.1) is 0 Å². The lowest BCUT2D eigenvalue weighted by molar-refractivity contribution is -0.119. The molecule has 1 fully saturated rings. The van der Waals surface area contributed by atoms with Crippen LogP contribution in [-0.2, 0) is 4.79 Å². The molecule has 2 rings (SSSR count). The van der Waals surface area contributed by atoms with Crippen molar-refractivity contribution in [2.75, 3.05) is 18.5 Å². The average molecular weight is 327 g/mol. The van der Waals surface area contributed by atoms with Gasteiger partial charge in [0.05, 0.1) is 18.3 Å². The molecule has 0 aliphatic heterocycles. The second-order valence-corrected chi connectivity index (χ2v) is 5.94. The Balaban J connectivity index is 2.01. The highest BCUT2D eigenvalue weighted by Gasteiger charge is 2.23. The molecule has 0 aromatic heterocycles. The van der Waals surface area contributed by atoms with Gasteiger partial charge in [-0.2, -0.15) is 0 Å². The van der Waals surface area contributed by atoms with Crippen LogP contribution in [0.25, 0.3) is 0 Å². The Morgan fingerprint density at radius 2 is 2.26 bits per heavy atom. The van der Waals surface area contributed by atoms with E-state index in [1.54, 1.807) is 6.92 Å². The molecule has 0 unspecified atom stereocenters. The van der Waals surface area contributed by atoms with E-state index in [4.69, 9.17) is 0 Å². The summed E-state index contributed by atoms with van der Waals surface area (Å²) < 4.78 is 0.882. The van der Waals surface area contributed by atoms with Crippen molar-refractivity contribution in [2.24, 2.45) is 0 Å². The molecule has 19 heavy (non-hydrogen) atoms. The number of rotatable bonds is 5. The lowest BCUT2D eigenvalue weighted by Gasteiger charge is -2.21. The van der Waals surface area contributed by atoms with E-state index >= 15 is 0 Å². The van der Waals surface area contributed by atoms with E-state index in [1.807, 2.05) is 30.1 Å². The van der Waals surface area contributed by atoms with Crippen LogP contribution in [0, 0.1) is 0 Å². The van der Waals surface area contributed by atoms with Gasteiger partial charge < -0.3 is 15.3 Å². The Morgan fingerprint density at radius 3 is 2.79 bits per heavy atom. The summed E-state index contributed by atoms with van der Waals surface area (Å²) in [5.74, 6) is 0.0523. The van der Waals surface area contributed by atoms with Crippen LogP contribution in [0.3, 0.4) is 0 Å². The van der Waals surface area contributed by atoms with E-state index in [2.05, 4.69) is 21.2 Å². The number of halogens is 1. The van der Waals surface area contributed by atoms with Crippen LogP contribution in [0.4, 0.5) is 5.69 Å². The van der Waals surface area contributed by atoms with Crippen LogP contribution in [0.2, 0.25) is 0 Å². The number of likely N-dealkylation sites (N-methyl/N-ethyl adjacent to an activating group) is 1. The maximum Gasteiger partial charge on any atom is 0.239 e. The summed E-state index contributed by atoms with van der Waals surface area (Å²) in [4.78, 5) is 13.7. The Labute approximate surface area is 121 Å². The van der Waals surface area contributed by atoms with E-state index in [1.165, 1.54) is 0 Å². The van der Waals surface area contributed by atoms with Crippen LogP contribution < -0.4 is 10.2 Å². The Morgan fingerprint density at radius 1 is 1.58 bits per heavy atom. The predicted molar refractivity (Wildman–Crippen MR) is 79.2 cm³/mol. The molecule has 0 spiro atoms. The number of amides is 1. The summed E-state index contributed by atoms with van der Waals surface area (Å²) >= 11 is 3.48. The van der Waals surface area contributed by atoms with Gasteiger partial charge in [0, 0.05) is 17.6 Å². The highest BCUT2D eigenvalue weighted by molar-refractivity contribution is 9.10. The van der Waals surface area contributed by atoms with Crippen molar-refractivity contribution in [3.63, 3.8) is 0 Å². The number of nitrogens with one attached hydrogen (secondary N) is 1. The van der Waals surface area contributed by atoms with Crippen molar-refractivity contribution in [1.82, 2.24) is 5.32 Å². The Hall–Kier alpha value is -1.07. The van der Waals surface area contributed by atoms with Crippen molar-refractivity contribution in [3.8, 4) is 0 Å². The maximum absolute atomic E-state index is 11.8. The minimum Gasteiger partial charge on any atom is -0.389 e. The molecule has 1 atom stereocenters. The molecule has 1 aromatic rings. The van der Waals surface area contributed by atoms with Crippen molar-refractivity contribution < 1.29 is 9.90 Å². The summed E-state index contributed by atoms with van der Waals surface area (Å²) in [5, 5.41) is 12.5. The molecule has 104 valence electrons. The normalized spacial score (nSPS) is 16.0. The topological polar surface area (TPSA) is 52.6 Å². The summed E-state index contributed by atoms with van der Waals surface area (Å²) in [5.41, 5.74) is 1.79. The number of nitrogens with zero attached hydrogens (tertiary/aromatic N) is 1. The minimum atomic E-state index is -0.492. The molecular weight excluding hydrogens is 308 g/mol. The van der Waals surface area contributed by atoms with Gasteiger partial charge in [0.2, 0.25) is 5.91 Å². The van der Waals surface area contributed by atoms with Gasteiger partial charge in [0.25, 0.3) is 0 Å². The van der Waals surface area contributed by atoms with Gasteiger partial charge in [-0.25, -0.2) is 0 Å². The third kappa shape index (κ3) is 3.94. The monoisotopic (exact) mass is 326 g/mol. The number of benzene rings is 1. The van der Waals surface area contributed by atoms with Crippen LogP contribution in [0.5, 0.6) is 0 Å². The molecule has 0 saturated heterocycles. The van der Waals surface area contributed by atoms with E-state index in [9.17, 15) is 9.90 Å². The number of carbonyl (C=O) groups is 1. The first-order valence-corrected chi connectivity index (χ1v) is 7.24. The number of anilines is 1. The summed E-state index contributed by atoms with van der Waals surface area (Å²) in [6.45, 7) is 2.07. The van der Waals surface area contributed by atoms with Gasteiger partial charge in [-0.05, 0) is 53.4 Å². The minimum absolute atomic E-state index is 0.0523. The zero-order valence-corrected chi connectivity index (χ0v) is 12.8. The Kier molecular flexibility index (Phi) is 4.47. The molecular formula is C14H19BrN2O2. The lowest BCUT2D eigenvalue weighted by atomic mass is 10.1. The van der Waals surface area contributed by atoms with Crippen molar-refractivity contribution in [2.45, 2.75) is 31.9 Å². The summed E-state index contributed by atoms with van der Waals surface area (Å²) in [6, 6.07) is 6.06. The Bertz CT molecular complexity index is 473. The molecule has 0 heterocycles. The number of aliphatic hydroxyl groups is 1. The molecule has 4 nitrogen and oxygen atoms in total. The van der Waals surface area contributed by atoms with Crippen LogP contribution in [0.15, 0.2) is 22.7 Å². The zero-order valence-electron chi connectivity index (χ0n) is 11.2. The fourth-order valence-electron chi connectivity index (χ4n) is 1.89. The number of hydrogen-bond donors (Lipinski definition) is 2. The van der Waals surface area contributed by atoms with E-state index in [0.29, 0.717) is 12.6 Å². The van der Waals surface area contributed by atoms with Gasteiger partial charge >= 0.3 is 0 Å². The predicted octanol–water partition coefficient (Wildman–Crippen LogP) is 2.22.